The Morgan fingerprint density at radius 3 is 2.26 bits per heavy atom. The molecule has 0 bridgehead atoms. The molecule has 0 aliphatic carbocycles. The van der Waals surface area contributed by atoms with E-state index >= 15 is 0 Å². The van der Waals surface area contributed by atoms with Crippen LogP contribution >= 0.6 is 23.2 Å². The van der Waals surface area contributed by atoms with Crippen molar-refractivity contribution in [3.63, 3.8) is 0 Å². The molecule has 0 radical (unpaired) electrons. The summed E-state index contributed by atoms with van der Waals surface area (Å²) in [6.45, 7) is 10.6. The maximum Gasteiger partial charge on any atom is 0.289 e. The summed E-state index contributed by atoms with van der Waals surface area (Å²) in [7, 11) is 4.01. The molecule has 10 heteroatoms. The van der Waals surface area contributed by atoms with E-state index in [4.69, 9.17) is 38.1 Å². The SMILES string of the molecule is CN(C)CCN.Cc1c(N2CCN(Cc3c(Cl)cccc3Cl)CC2)ccc2oc(C(=O)N3CCOCC3)cc12. The first-order chi connectivity index (χ1) is 18.8. The molecule has 3 heterocycles. The smallest absolute Gasteiger partial charge is 0.289 e. The van der Waals surface area contributed by atoms with Crippen LogP contribution in [0.3, 0.4) is 0 Å². The molecule has 1 aromatic heterocycles. The quantitative estimate of drug-likeness (QED) is 0.468. The number of benzene rings is 2. The van der Waals surface area contributed by atoms with Crippen LogP contribution in [0.2, 0.25) is 10.0 Å². The Labute approximate surface area is 241 Å². The third kappa shape index (κ3) is 7.45. The van der Waals surface area contributed by atoms with Crippen LogP contribution < -0.4 is 10.6 Å². The number of carbonyl (C=O) groups is 1. The van der Waals surface area contributed by atoms with Crippen LogP contribution in [0, 0.1) is 6.92 Å². The van der Waals surface area contributed by atoms with Crippen molar-refractivity contribution >= 4 is 45.8 Å². The predicted molar refractivity (Wildman–Crippen MR) is 159 cm³/mol. The largest absolute Gasteiger partial charge is 0.451 e. The first kappa shape index (κ1) is 29.6. The average molecular weight is 577 g/mol. The fourth-order valence-corrected chi connectivity index (χ4v) is 5.44. The third-order valence-electron chi connectivity index (χ3n) is 7.18. The second-order valence-electron chi connectivity index (χ2n) is 10.2. The zero-order chi connectivity index (χ0) is 27.9. The highest BCUT2D eigenvalue weighted by molar-refractivity contribution is 6.35. The molecule has 0 unspecified atom stereocenters. The maximum absolute atomic E-state index is 12.8. The number of hydrogen-bond donors (Lipinski definition) is 1. The molecule has 0 saturated carbocycles. The van der Waals surface area contributed by atoms with Gasteiger partial charge in [0.05, 0.1) is 13.2 Å². The fraction of sp³-hybridized carbons (Fsp3) is 0.483. The molecule has 0 atom stereocenters. The predicted octanol–water partition coefficient (Wildman–Crippen LogP) is 4.35. The number of halogens is 2. The van der Waals surface area contributed by atoms with E-state index < -0.39 is 0 Å². The molecule has 2 saturated heterocycles. The Morgan fingerprint density at radius 1 is 1.00 bits per heavy atom. The van der Waals surface area contributed by atoms with Gasteiger partial charge in [-0.25, -0.2) is 0 Å². The molecule has 2 aliphatic heterocycles. The van der Waals surface area contributed by atoms with Crippen LogP contribution in [0.4, 0.5) is 5.69 Å². The number of piperazine rings is 1. The molecule has 0 spiro atoms. The zero-order valence-corrected chi connectivity index (χ0v) is 24.6. The van der Waals surface area contributed by atoms with Crippen molar-refractivity contribution in [2.24, 2.45) is 5.73 Å². The van der Waals surface area contributed by atoms with Crippen molar-refractivity contribution in [2.75, 3.05) is 84.6 Å². The van der Waals surface area contributed by atoms with E-state index in [1.165, 1.54) is 5.69 Å². The van der Waals surface area contributed by atoms with Gasteiger partial charge in [-0.2, -0.15) is 0 Å². The van der Waals surface area contributed by atoms with Crippen molar-refractivity contribution < 1.29 is 13.9 Å². The standard InChI is InChI=1S/C25H27Cl2N3O3.C4H12N2/c1-17-18-15-24(25(31)30-11-13-32-14-12-30)33-23(18)6-5-22(17)29-9-7-28(8-10-29)16-19-20(26)3-2-4-21(19)27;1-6(2)4-3-5/h2-6,15H,7-14,16H2,1H3;3-5H2,1-2H3. The van der Waals surface area contributed by atoms with Gasteiger partial charge in [-0.15, -0.1) is 0 Å². The summed E-state index contributed by atoms with van der Waals surface area (Å²) in [5, 5.41) is 2.43. The summed E-state index contributed by atoms with van der Waals surface area (Å²) in [4.78, 5) is 21.5. The van der Waals surface area contributed by atoms with Crippen LogP contribution in [0.25, 0.3) is 11.0 Å². The van der Waals surface area contributed by atoms with Gasteiger partial charge in [0, 0.05) is 85.6 Å². The van der Waals surface area contributed by atoms with Crippen molar-refractivity contribution in [1.29, 1.82) is 0 Å². The van der Waals surface area contributed by atoms with E-state index in [-0.39, 0.29) is 5.91 Å². The summed E-state index contributed by atoms with van der Waals surface area (Å²) in [5.74, 6) is 0.330. The number of hydrogen-bond acceptors (Lipinski definition) is 7. The lowest BCUT2D eigenvalue weighted by Gasteiger charge is -2.37. The number of nitrogens with zero attached hydrogens (tertiary/aromatic N) is 4. The molecule has 2 N–H and O–H groups in total. The summed E-state index contributed by atoms with van der Waals surface area (Å²) >= 11 is 12.7. The second-order valence-corrected chi connectivity index (χ2v) is 11.0. The number of furan rings is 1. The van der Waals surface area contributed by atoms with Gasteiger partial charge in [0.15, 0.2) is 5.76 Å². The molecular formula is C29H39Cl2N5O3. The number of amides is 1. The Morgan fingerprint density at radius 2 is 1.67 bits per heavy atom. The first-order valence-corrected chi connectivity index (χ1v) is 14.2. The molecule has 3 aromatic rings. The molecule has 1 amide bonds. The number of likely N-dealkylation sites (N-methyl/N-ethyl adjacent to an activating group) is 1. The summed E-state index contributed by atoms with van der Waals surface area (Å²) in [6.07, 6.45) is 0. The lowest BCUT2D eigenvalue weighted by Crippen LogP contribution is -2.46. The van der Waals surface area contributed by atoms with Crippen LogP contribution in [-0.4, -0.2) is 100 Å². The number of nitrogens with two attached hydrogens (primary N) is 1. The highest BCUT2D eigenvalue weighted by Gasteiger charge is 2.24. The second kappa shape index (κ2) is 13.8. The minimum atomic E-state index is -0.0673. The number of anilines is 1. The van der Waals surface area contributed by atoms with Gasteiger partial charge in [-0.05, 0) is 56.9 Å². The highest BCUT2D eigenvalue weighted by atomic mass is 35.5. The van der Waals surface area contributed by atoms with E-state index in [1.54, 1.807) is 4.90 Å². The number of ether oxygens (including phenoxy) is 1. The lowest BCUT2D eigenvalue weighted by atomic mass is 10.1. The topological polar surface area (TPSA) is 78.4 Å². The van der Waals surface area contributed by atoms with Gasteiger partial charge in [0.2, 0.25) is 0 Å². The molecule has 2 aliphatic rings. The van der Waals surface area contributed by atoms with Gasteiger partial charge in [-0.3, -0.25) is 9.69 Å². The molecule has 5 rings (SSSR count). The maximum atomic E-state index is 12.8. The first-order valence-electron chi connectivity index (χ1n) is 13.4. The van der Waals surface area contributed by atoms with E-state index in [0.717, 1.165) is 67.9 Å². The number of carbonyl (C=O) groups excluding carboxylic acids is 1. The average Bonchev–Trinajstić information content (AvgIpc) is 3.37. The monoisotopic (exact) mass is 575 g/mol. The number of rotatable bonds is 6. The molecule has 39 heavy (non-hydrogen) atoms. The molecular weight excluding hydrogens is 537 g/mol. The van der Waals surface area contributed by atoms with Gasteiger partial charge in [0.25, 0.3) is 5.91 Å². The van der Waals surface area contributed by atoms with Gasteiger partial charge in [-0.1, -0.05) is 29.3 Å². The zero-order valence-electron chi connectivity index (χ0n) is 23.1. The van der Waals surface area contributed by atoms with Crippen molar-refractivity contribution in [1.82, 2.24) is 14.7 Å². The van der Waals surface area contributed by atoms with Crippen LogP contribution in [0.15, 0.2) is 40.8 Å². The normalized spacial score (nSPS) is 16.5. The van der Waals surface area contributed by atoms with Gasteiger partial charge < -0.3 is 29.6 Å². The summed E-state index contributed by atoms with van der Waals surface area (Å²) in [5.41, 5.74) is 9.25. The van der Waals surface area contributed by atoms with Crippen molar-refractivity contribution in [2.45, 2.75) is 13.5 Å². The number of morpholine rings is 1. The Balaban J connectivity index is 0.000000531. The van der Waals surface area contributed by atoms with E-state index in [9.17, 15) is 4.79 Å². The fourth-order valence-electron chi connectivity index (χ4n) is 4.92. The van der Waals surface area contributed by atoms with E-state index in [1.807, 2.05) is 44.4 Å². The third-order valence-corrected chi connectivity index (χ3v) is 7.89. The summed E-state index contributed by atoms with van der Waals surface area (Å²) in [6, 6.07) is 11.6. The summed E-state index contributed by atoms with van der Waals surface area (Å²) < 4.78 is 11.3. The Bertz CT molecular complexity index is 1230. The van der Waals surface area contributed by atoms with Crippen LogP contribution in [0.1, 0.15) is 21.7 Å². The highest BCUT2D eigenvalue weighted by Crippen LogP contribution is 2.32. The van der Waals surface area contributed by atoms with Gasteiger partial charge in [0.1, 0.15) is 5.58 Å². The Hall–Kier alpha value is -2.33. The molecule has 2 fully saturated rings. The molecule has 212 valence electrons. The van der Waals surface area contributed by atoms with E-state index in [0.29, 0.717) is 42.1 Å². The number of fused-ring (bicyclic) bond motifs is 1. The van der Waals surface area contributed by atoms with Crippen LogP contribution in [0.5, 0.6) is 0 Å². The van der Waals surface area contributed by atoms with Crippen molar-refractivity contribution in [3.05, 3.63) is 63.3 Å². The van der Waals surface area contributed by atoms with Crippen LogP contribution in [-0.2, 0) is 11.3 Å². The molecule has 8 nitrogen and oxygen atoms in total. The minimum Gasteiger partial charge on any atom is -0.451 e. The van der Waals surface area contributed by atoms with Gasteiger partial charge >= 0.3 is 0 Å². The number of aryl methyl sites for hydroxylation is 1. The molecule has 2 aromatic carbocycles. The lowest BCUT2D eigenvalue weighted by molar-refractivity contribution is 0.0284. The Kier molecular flexibility index (Phi) is 10.5. The van der Waals surface area contributed by atoms with E-state index in [2.05, 4.69) is 27.7 Å². The minimum absolute atomic E-state index is 0.0673. The van der Waals surface area contributed by atoms with Crippen molar-refractivity contribution in [3.8, 4) is 0 Å².